The molecule has 0 radical (unpaired) electrons. The summed E-state index contributed by atoms with van der Waals surface area (Å²) >= 11 is 0. The highest BCUT2D eigenvalue weighted by atomic mass is 16.6. The zero-order valence-electron chi connectivity index (χ0n) is 52.4. The highest BCUT2D eigenvalue weighted by molar-refractivity contribution is 5.71. The van der Waals surface area contributed by atoms with Gasteiger partial charge in [0.1, 0.15) is 13.2 Å². The lowest BCUT2D eigenvalue weighted by molar-refractivity contribution is -0.166. The van der Waals surface area contributed by atoms with Crippen LogP contribution in [0.5, 0.6) is 0 Å². The Hall–Kier alpha value is -5.49. The van der Waals surface area contributed by atoms with E-state index in [1.165, 1.54) is 83.5 Å². The Morgan fingerprint density at radius 3 is 0.793 bits per heavy atom. The van der Waals surface area contributed by atoms with Gasteiger partial charge in [0.15, 0.2) is 6.10 Å². The maximum atomic E-state index is 12.9. The van der Waals surface area contributed by atoms with Crippen molar-refractivity contribution in [3.05, 3.63) is 182 Å². The van der Waals surface area contributed by atoms with Gasteiger partial charge in [-0.15, -0.1) is 0 Å². The SMILES string of the molecule is CC/C=C\C/C=C\C/C=C\C/C=C\C/C=C\C/C=C\C/C=C\C/C=C\C/C=C\CCCC(=O)OCC(COC(=O)CCCCCCCCCCCCCCCCCC)OC(=O)CC/C=C\C/C=C\C/C=C\C/C=C\C/C=C\C/C=C\CC. The zero-order chi connectivity index (χ0) is 59.2. The number of carbonyl (C=O) groups is 3. The zero-order valence-corrected chi connectivity index (χ0v) is 52.4. The van der Waals surface area contributed by atoms with Gasteiger partial charge in [0.05, 0.1) is 0 Å². The molecular formula is C76H118O6. The predicted octanol–water partition coefficient (Wildman–Crippen LogP) is 22.8. The average molecular weight is 1130 g/mol. The van der Waals surface area contributed by atoms with Gasteiger partial charge in [-0.2, -0.15) is 0 Å². The van der Waals surface area contributed by atoms with Crippen LogP contribution in [0.15, 0.2) is 182 Å². The third kappa shape index (κ3) is 65.3. The molecule has 0 aliphatic heterocycles. The first-order valence-corrected chi connectivity index (χ1v) is 32.8. The fraction of sp³-hybridized carbons (Fsp3) is 0.566. The molecule has 0 aliphatic carbocycles. The fourth-order valence-corrected chi connectivity index (χ4v) is 8.35. The summed E-state index contributed by atoms with van der Waals surface area (Å²) in [6.07, 6.45) is 102. The molecule has 6 heteroatoms. The van der Waals surface area contributed by atoms with E-state index in [9.17, 15) is 14.4 Å². The van der Waals surface area contributed by atoms with Crippen LogP contribution in [0.4, 0.5) is 0 Å². The maximum Gasteiger partial charge on any atom is 0.306 e. The molecule has 458 valence electrons. The van der Waals surface area contributed by atoms with Gasteiger partial charge in [-0.05, 0) is 122 Å². The smallest absolute Gasteiger partial charge is 0.306 e. The lowest BCUT2D eigenvalue weighted by Gasteiger charge is -2.18. The van der Waals surface area contributed by atoms with Gasteiger partial charge in [-0.3, -0.25) is 14.4 Å². The second kappa shape index (κ2) is 68.0. The molecule has 1 unspecified atom stereocenters. The topological polar surface area (TPSA) is 78.9 Å². The number of rotatable bonds is 57. The van der Waals surface area contributed by atoms with Gasteiger partial charge < -0.3 is 14.2 Å². The van der Waals surface area contributed by atoms with E-state index < -0.39 is 12.1 Å². The summed E-state index contributed by atoms with van der Waals surface area (Å²) in [5, 5.41) is 0. The van der Waals surface area contributed by atoms with Gasteiger partial charge in [-0.25, -0.2) is 0 Å². The van der Waals surface area contributed by atoms with Crippen molar-refractivity contribution in [1.82, 2.24) is 0 Å². The Kier molecular flexibility index (Phi) is 63.5. The van der Waals surface area contributed by atoms with Crippen molar-refractivity contribution in [2.75, 3.05) is 13.2 Å². The average Bonchev–Trinajstić information content (AvgIpc) is 3.47. The Bertz CT molecular complexity index is 1920. The first-order valence-electron chi connectivity index (χ1n) is 32.8. The number of hydrogen-bond donors (Lipinski definition) is 0. The lowest BCUT2D eigenvalue weighted by Crippen LogP contribution is -2.30. The van der Waals surface area contributed by atoms with Crippen molar-refractivity contribution < 1.29 is 28.6 Å². The molecule has 0 fully saturated rings. The van der Waals surface area contributed by atoms with E-state index in [0.717, 1.165) is 122 Å². The minimum absolute atomic E-state index is 0.133. The summed E-state index contributed by atoms with van der Waals surface area (Å²) in [4.78, 5) is 38.3. The van der Waals surface area contributed by atoms with Gasteiger partial charge >= 0.3 is 17.9 Å². The fourth-order valence-electron chi connectivity index (χ4n) is 8.35. The van der Waals surface area contributed by atoms with Crippen molar-refractivity contribution >= 4 is 17.9 Å². The van der Waals surface area contributed by atoms with E-state index in [0.29, 0.717) is 19.3 Å². The minimum atomic E-state index is -0.852. The van der Waals surface area contributed by atoms with Crippen LogP contribution in [0.1, 0.15) is 258 Å². The molecule has 0 bridgehead atoms. The van der Waals surface area contributed by atoms with Crippen LogP contribution in [0.3, 0.4) is 0 Å². The highest BCUT2D eigenvalue weighted by Gasteiger charge is 2.19. The Morgan fingerprint density at radius 2 is 0.500 bits per heavy atom. The number of ether oxygens (including phenoxy) is 3. The summed E-state index contributed by atoms with van der Waals surface area (Å²) in [5.74, 6) is -1.08. The van der Waals surface area contributed by atoms with E-state index in [4.69, 9.17) is 14.2 Å². The van der Waals surface area contributed by atoms with Gasteiger partial charge in [-0.1, -0.05) is 299 Å². The summed E-state index contributed by atoms with van der Waals surface area (Å²) < 4.78 is 16.8. The van der Waals surface area contributed by atoms with Crippen molar-refractivity contribution in [3.8, 4) is 0 Å². The molecule has 0 aromatic heterocycles. The molecule has 0 saturated carbocycles. The van der Waals surface area contributed by atoms with Crippen LogP contribution in [0.2, 0.25) is 0 Å². The Labute approximate surface area is 504 Å². The number of unbranched alkanes of at least 4 members (excludes halogenated alkanes) is 16. The van der Waals surface area contributed by atoms with Gasteiger partial charge in [0, 0.05) is 19.3 Å². The highest BCUT2D eigenvalue weighted by Crippen LogP contribution is 2.15. The number of allylic oxidation sites excluding steroid dienone is 30. The van der Waals surface area contributed by atoms with Crippen LogP contribution in [0, 0.1) is 0 Å². The standard InChI is InChI=1S/C76H118O6/c1-4-7-10-13-16-19-22-25-28-31-33-34-35-36-37-38-39-40-41-42-44-45-48-51-54-57-60-63-66-69-75(78)81-72-73(71-80-74(77)68-65-62-59-56-53-50-47-30-27-24-21-18-15-12-9-6-3)82-76(79)70-67-64-61-58-55-52-49-46-43-32-29-26-23-20-17-14-11-8-5-2/h7-8,10-11,16-17,19-20,25-26,28-29,33-34,36-37,39-40,42-44,46,48,51-52,55,57,60-61,64,73H,4-6,9,12-15,18,21-24,27,30-32,35,38,41,45,47,49-50,53-54,56,58-59,62-63,65-72H2,1-3H3/b10-7-,11-8-,19-16-,20-17-,28-25-,29-26-,34-33-,37-36-,40-39-,44-42-,46-43-,51-48-,55-52-,60-57-,64-61-. The molecule has 0 amide bonds. The molecule has 0 rings (SSSR count). The first kappa shape index (κ1) is 76.5. The van der Waals surface area contributed by atoms with E-state index in [2.05, 4.69) is 191 Å². The number of carbonyl (C=O) groups excluding carboxylic acids is 3. The van der Waals surface area contributed by atoms with Crippen LogP contribution < -0.4 is 0 Å². The second-order valence-corrected chi connectivity index (χ2v) is 20.9. The Balaban J connectivity index is 4.58. The molecule has 82 heavy (non-hydrogen) atoms. The van der Waals surface area contributed by atoms with E-state index in [1.807, 2.05) is 12.2 Å². The molecule has 0 saturated heterocycles. The molecule has 0 N–H and O–H groups in total. The lowest BCUT2D eigenvalue weighted by atomic mass is 10.0. The van der Waals surface area contributed by atoms with Crippen LogP contribution in [-0.4, -0.2) is 37.2 Å². The monoisotopic (exact) mass is 1130 g/mol. The Morgan fingerprint density at radius 1 is 0.256 bits per heavy atom. The van der Waals surface area contributed by atoms with E-state index in [1.54, 1.807) is 0 Å². The van der Waals surface area contributed by atoms with Crippen LogP contribution >= 0.6 is 0 Å². The molecule has 0 aromatic rings. The summed E-state index contributed by atoms with van der Waals surface area (Å²) in [6, 6.07) is 0. The summed E-state index contributed by atoms with van der Waals surface area (Å²) in [7, 11) is 0. The normalized spacial score (nSPS) is 13.4. The molecule has 0 heterocycles. The second-order valence-electron chi connectivity index (χ2n) is 20.9. The molecule has 6 nitrogen and oxygen atoms in total. The van der Waals surface area contributed by atoms with Gasteiger partial charge in [0.2, 0.25) is 0 Å². The number of hydrogen-bond acceptors (Lipinski definition) is 6. The van der Waals surface area contributed by atoms with Crippen molar-refractivity contribution in [2.24, 2.45) is 0 Å². The predicted molar refractivity (Wildman–Crippen MR) is 357 cm³/mol. The van der Waals surface area contributed by atoms with Crippen LogP contribution in [-0.2, 0) is 28.6 Å². The van der Waals surface area contributed by atoms with Crippen molar-refractivity contribution in [3.63, 3.8) is 0 Å². The molecular weight excluding hydrogens is 1010 g/mol. The van der Waals surface area contributed by atoms with Crippen LogP contribution in [0.25, 0.3) is 0 Å². The summed E-state index contributed by atoms with van der Waals surface area (Å²) in [6.45, 7) is 6.30. The quantitative estimate of drug-likeness (QED) is 0.0261. The third-order valence-electron chi connectivity index (χ3n) is 13.2. The van der Waals surface area contributed by atoms with Crippen molar-refractivity contribution in [1.29, 1.82) is 0 Å². The number of esters is 3. The molecule has 0 aliphatic rings. The largest absolute Gasteiger partial charge is 0.462 e. The molecule has 0 aromatic carbocycles. The third-order valence-corrected chi connectivity index (χ3v) is 13.2. The molecule has 1 atom stereocenters. The minimum Gasteiger partial charge on any atom is -0.462 e. The van der Waals surface area contributed by atoms with Crippen molar-refractivity contribution in [2.45, 2.75) is 264 Å². The van der Waals surface area contributed by atoms with Gasteiger partial charge in [0.25, 0.3) is 0 Å². The maximum absolute atomic E-state index is 12.9. The first-order chi connectivity index (χ1) is 40.5. The van der Waals surface area contributed by atoms with E-state index in [-0.39, 0.29) is 38.0 Å². The summed E-state index contributed by atoms with van der Waals surface area (Å²) in [5.41, 5.74) is 0. The van der Waals surface area contributed by atoms with E-state index >= 15 is 0 Å². The molecule has 0 spiro atoms.